The molecule has 0 atom stereocenters. The lowest BCUT2D eigenvalue weighted by Gasteiger charge is -2.17. The van der Waals surface area contributed by atoms with Crippen LogP contribution >= 0.6 is 0 Å². The van der Waals surface area contributed by atoms with Crippen molar-refractivity contribution in [2.45, 2.75) is 39.3 Å². The van der Waals surface area contributed by atoms with E-state index in [0.29, 0.717) is 24.3 Å². The number of nitrogens with one attached hydrogen (secondary N) is 2. The van der Waals surface area contributed by atoms with Crippen LogP contribution in [0.2, 0.25) is 0 Å². The van der Waals surface area contributed by atoms with Crippen molar-refractivity contribution in [3.8, 4) is 0 Å². The zero-order chi connectivity index (χ0) is 20.9. The lowest BCUT2D eigenvalue weighted by Crippen LogP contribution is -2.30. The van der Waals surface area contributed by atoms with Gasteiger partial charge in [-0.25, -0.2) is 4.79 Å². The minimum Gasteiger partial charge on any atom is -0.427 e. The van der Waals surface area contributed by atoms with E-state index in [1.165, 1.54) is 5.56 Å². The van der Waals surface area contributed by atoms with Crippen molar-refractivity contribution in [1.29, 1.82) is 0 Å². The van der Waals surface area contributed by atoms with Crippen LogP contribution < -0.4 is 16.3 Å². The van der Waals surface area contributed by atoms with Crippen molar-refractivity contribution in [3.63, 3.8) is 0 Å². The largest absolute Gasteiger partial charge is 0.427 e. The quantitative estimate of drug-likeness (QED) is 0.661. The first-order valence-electron chi connectivity index (χ1n) is 10.2. The van der Waals surface area contributed by atoms with Crippen LogP contribution in [0.4, 0.5) is 0 Å². The van der Waals surface area contributed by atoms with Gasteiger partial charge in [0.2, 0.25) is 0 Å². The smallest absolute Gasteiger partial charge is 0.349 e. The Hall–Kier alpha value is -3.25. The van der Waals surface area contributed by atoms with Gasteiger partial charge >= 0.3 is 5.63 Å². The summed E-state index contributed by atoms with van der Waals surface area (Å²) in [7, 11) is 0. The molecule has 1 amide bonds. The molecule has 154 valence electrons. The van der Waals surface area contributed by atoms with Gasteiger partial charge in [0.25, 0.3) is 5.91 Å². The molecule has 2 aromatic heterocycles. The summed E-state index contributed by atoms with van der Waals surface area (Å²) in [5.74, 6) is 0.163. The molecule has 3 heterocycles. The Balaban J connectivity index is 1.41. The Bertz CT molecular complexity index is 1110. The Morgan fingerprint density at radius 1 is 1.17 bits per heavy atom. The van der Waals surface area contributed by atoms with Crippen LogP contribution in [0.25, 0.3) is 0 Å². The van der Waals surface area contributed by atoms with Crippen molar-refractivity contribution in [1.82, 2.24) is 15.6 Å². The van der Waals surface area contributed by atoms with Gasteiger partial charge in [0.05, 0.1) is 0 Å². The third-order valence-corrected chi connectivity index (χ3v) is 5.35. The Morgan fingerprint density at radius 2 is 2.00 bits per heavy atom. The van der Waals surface area contributed by atoms with Crippen molar-refractivity contribution in [3.05, 3.63) is 98.4 Å². The van der Waals surface area contributed by atoms with Crippen molar-refractivity contribution in [2.75, 3.05) is 6.54 Å². The number of fused-ring (bicyclic) bond motifs is 1. The van der Waals surface area contributed by atoms with Crippen LogP contribution in [0.1, 0.15) is 44.1 Å². The van der Waals surface area contributed by atoms with Crippen LogP contribution in [0.15, 0.2) is 57.9 Å². The molecule has 0 unspecified atom stereocenters. The molecule has 6 nitrogen and oxygen atoms in total. The van der Waals surface area contributed by atoms with Crippen LogP contribution in [0.3, 0.4) is 0 Å². The molecular weight excluding hydrogens is 378 g/mol. The van der Waals surface area contributed by atoms with Crippen LogP contribution in [-0.2, 0) is 32.4 Å². The van der Waals surface area contributed by atoms with Gasteiger partial charge in [-0.3, -0.25) is 9.78 Å². The van der Waals surface area contributed by atoms with Crippen molar-refractivity contribution < 1.29 is 9.21 Å². The number of amides is 1. The number of hydrogen-bond acceptors (Lipinski definition) is 5. The average molecular weight is 403 g/mol. The van der Waals surface area contributed by atoms with Crippen LogP contribution in [-0.4, -0.2) is 17.4 Å². The molecule has 1 aromatic carbocycles. The molecule has 3 aromatic rings. The van der Waals surface area contributed by atoms with E-state index < -0.39 is 11.5 Å². The zero-order valence-electron chi connectivity index (χ0n) is 17.0. The van der Waals surface area contributed by atoms with E-state index in [4.69, 9.17) is 4.42 Å². The average Bonchev–Trinajstić information content (AvgIpc) is 2.76. The number of aromatic nitrogens is 1. The molecule has 1 aliphatic rings. The SMILES string of the molecule is Cc1cc(CCc2ccccc2)oc(=O)c1C(=O)NCc1cnc2c(c1)CNCC2. The maximum absolute atomic E-state index is 12.6. The highest BCUT2D eigenvalue weighted by Gasteiger charge is 2.17. The summed E-state index contributed by atoms with van der Waals surface area (Å²) >= 11 is 0. The summed E-state index contributed by atoms with van der Waals surface area (Å²) in [6, 6.07) is 13.9. The van der Waals surface area contributed by atoms with E-state index in [2.05, 4.69) is 21.7 Å². The van der Waals surface area contributed by atoms with Gasteiger partial charge in [0.15, 0.2) is 0 Å². The van der Waals surface area contributed by atoms with E-state index in [-0.39, 0.29) is 5.56 Å². The Morgan fingerprint density at radius 3 is 2.80 bits per heavy atom. The molecule has 2 N–H and O–H groups in total. The molecule has 0 radical (unpaired) electrons. The molecule has 0 saturated carbocycles. The standard InChI is InChI=1S/C24H25N3O3/c1-16-11-20(8-7-17-5-3-2-4-6-17)30-24(29)22(16)23(28)27-14-18-12-19-15-25-10-9-21(19)26-13-18/h2-6,11-13,25H,7-10,14-15H2,1H3,(H,27,28). The second-order valence-electron chi connectivity index (χ2n) is 7.60. The number of carbonyl (C=O) groups excluding carboxylic acids is 1. The fourth-order valence-corrected chi connectivity index (χ4v) is 3.74. The molecule has 0 fully saturated rings. The van der Waals surface area contributed by atoms with Gasteiger partial charge in [0, 0.05) is 44.4 Å². The fraction of sp³-hybridized carbons (Fsp3) is 0.292. The number of carbonyl (C=O) groups is 1. The second kappa shape index (κ2) is 9.05. The normalized spacial score (nSPS) is 13.0. The van der Waals surface area contributed by atoms with Crippen molar-refractivity contribution in [2.24, 2.45) is 0 Å². The number of aryl methyl sites for hydroxylation is 3. The zero-order valence-corrected chi connectivity index (χ0v) is 17.0. The highest BCUT2D eigenvalue weighted by Crippen LogP contribution is 2.14. The molecule has 1 aliphatic heterocycles. The molecule has 6 heteroatoms. The van der Waals surface area contributed by atoms with Crippen molar-refractivity contribution >= 4 is 5.91 Å². The van der Waals surface area contributed by atoms with Gasteiger partial charge in [0.1, 0.15) is 11.3 Å². The molecule has 0 spiro atoms. The summed E-state index contributed by atoms with van der Waals surface area (Å²) in [6.07, 6.45) is 4.08. The predicted molar refractivity (Wildman–Crippen MR) is 114 cm³/mol. The number of rotatable bonds is 6. The van der Waals surface area contributed by atoms with Gasteiger partial charge in [-0.15, -0.1) is 0 Å². The summed E-state index contributed by atoms with van der Waals surface area (Å²) in [6.45, 7) is 3.81. The first-order chi connectivity index (χ1) is 14.6. The van der Waals surface area contributed by atoms with E-state index in [0.717, 1.165) is 42.8 Å². The third-order valence-electron chi connectivity index (χ3n) is 5.35. The third kappa shape index (κ3) is 4.66. The first kappa shape index (κ1) is 20.0. The molecule has 0 bridgehead atoms. The summed E-state index contributed by atoms with van der Waals surface area (Å²) in [5, 5.41) is 6.14. The molecule has 30 heavy (non-hydrogen) atoms. The summed E-state index contributed by atoms with van der Waals surface area (Å²) in [4.78, 5) is 29.6. The monoisotopic (exact) mass is 403 g/mol. The molecule has 0 saturated heterocycles. The van der Waals surface area contributed by atoms with Crippen LogP contribution in [0, 0.1) is 6.92 Å². The van der Waals surface area contributed by atoms with E-state index in [1.807, 2.05) is 30.3 Å². The number of pyridine rings is 1. The number of hydrogen-bond donors (Lipinski definition) is 2. The number of benzene rings is 1. The van der Waals surface area contributed by atoms with Gasteiger partial charge < -0.3 is 15.1 Å². The highest BCUT2D eigenvalue weighted by molar-refractivity contribution is 5.95. The number of nitrogens with zero attached hydrogens (tertiary/aromatic N) is 1. The maximum Gasteiger partial charge on any atom is 0.349 e. The van der Waals surface area contributed by atoms with Gasteiger partial charge in [-0.1, -0.05) is 30.3 Å². The van der Waals surface area contributed by atoms with E-state index >= 15 is 0 Å². The lowest BCUT2D eigenvalue weighted by atomic mass is 10.0. The van der Waals surface area contributed by atoms with Crippen LogP contribution in [0.5, 0.6) is 0 Å². The molecule has 0 aliphatic carbocycles. The van der Waals surface area contributed by atoms with E-state index in [9.17, 15) is 9.59 Å². The minimum absolute atomic E-state index is 0.0612. The highest BCUT2D eigenvalue weighted by atomic mass is 16.4. The molecular formula is C24H25N3O3. The second-order valence-corrected chi connectivity index (χ2v) is 7.60. The van der Waals surface area contributed by atoms with Gasteiger partial charge in [-0.05, 0) is 47.7 Å². The van der Waals surface area contributed by atoms with E-state index in [1.54, 1.807) is 19.2 Å². The maximum atomic E-state index is 12.6. The van der Waals surface area contributed by atoms with Gasteiger partial charge in [-0.2, -0.15) is 0 Å². The topological polar surface area (TPSA) is 84.2 Å². The first-order valence-corrected chi connectivity index (χ1v) is 10.2. The minimum atomic E-state index is -0.594. The fourth-order valence-electron chi connectivity index (χ4n) is 3.74. The summed E-state index contributed by atoms with van der Waals surface area (Å²) in [5.41, 5.74) is 4.44. The lowest BCUT2D eigenvalue weighted by molar-refractivity contribution is 0.0945. The Labute approximate surface area is 175 Å². The molecule has 4 rings (SSSR count). The summed E-state index contributed by atoms with van der Waals surface area (Å²) < 4.78 is 5.42. The Kier molecular flexibility index (Phi) is 6.05. The predicted octanol–water partition coefficient (Wildman–Crippen LogP) is 2.70.